The van der Waals surface area contributed by atoms with Gasteiger partial charge in [-0.3, -0.25) is 19.4 Å². The van der Waals surface area contributed by atoms with Gasteiger partial charge in [-0.2, -0.15) is 0 Å². The van der Waals surface area contributed by atoms with Crippen molar-refractivity contribution in [1.29, 1.82) is 0 Å². The summed E-state index contributed by atoms with van der Waals surface area (Å²) in [5.74, 6) is -3.49. The van der Waals surface area contributed by atoms with E-state index in [9.17, 15) is 29.4 Å². The van der Waals surface area contributed by atoms with E-state index in [1.54, 1.807) is 6.20 Å². The molecule has 0 saturated carbocycles. The first-order valence-corrected chi connectivity index (χ1v) is 15.2. The molecule has 16 nitrogen and oxygen atoms in total. The second-order valence-corrected chi connectivity index (χ2v) is 11.3. The molecule has 254 valence electrons. The van der Waals surface area contributed by atoms with Crippen LogP contribution in [0, 0.1) is 0 Å². The molecule has 16 heteroatoms. The zero-order valence-corrected chi connectivity index (χ0v) is 26.1. The minimum Gasteiger partial charge on any atom is -0.508 e. The highest BCUT2D eigenvalue weighted by atomic mass is 16.4. The number of aromatic hydroxyl groups is 1. The van der Waals surface area contributed by atoms with Gasteiger partial charge in [0.1, 0.15) is 23.9 Å². The van der Waals surface area contributed by atoms with Crippen LogP contribution in [-0.4, -0.2) is 85.5 Å². The predicted octanol–water partition coefficient (Wildman–Crippen LogP) is -0.456. The van der Waals surface area contributed by atoms with Crippen molar-refractivity contribution in [2.75, 3.05) is 6.54 Å². The van der Waals surface area contributed by atoms with E-state index in [1.807, 2.05) is 24.3 Å². The first-order chi connectivity index (χ1) is 23.0. The predicted molar refractivity (Wildman–Crippen MR) is 177 cm³/mol. The molecule has 2 heterocycles. The van der Waals surface area contributed by atoms with Crippen molar-refractivity contribution in [3.63, 3.8) is 0 Å². The molecule has 0 radical (unpaired) electrons. The zero-order valence-electron chi connectivity index (χ0n) is 26.1. The Bertz CT molecular complexity index is 1720. The van der Waals surface area contributed by atoms with E-state index in [1.165, 1.54) is 36.8 Å². The summed E-state index contributed by atoms with van der Waals surface area (Å²) in [7, 11) is 0. The lowest BCUT2D eigenvalue weighted by Gasteiger charge is -2.25. The number of nitrogens with zero attached hydrogens (tertiary/aromatic N) is 2. The second kappa shape index (κ2) is 16.6. The number of nitrogens with two attached hydrogens (primary N) is 3. The number of imidazole rings is 1. The average Bonchev–Trinajstić information content (AvgIpc) is 3.72. The molecule has 4 atom stereocenters. The van der Waals surface area contributed by atoms with Crippen molar-refractivity contribution >= 4 is 40.6 Å². The van der Waals surface area contributed by atoms with Crippen LogP contribution in [0.25, 0.3) is 10.9 Å². The topological polar surface area (TPSA) is 280 Å². The van der Waals surface area contributed by atoms with Crippen LogP contribution in [-0.2, 0) is 38.4 Å². The number of carboxylic acid groups (broad SMARTS) is 1. The second-order valence-electron chi connectivity index (χ2n) is 11.3. The summed E-state index contributed by atoms with van der Waals surface area (Å²) >= 11 is 0. The van der Waals surface area contributed by atoms with Crippen molar-refractivity contribution in [2.24, 2.45) is 22.2 Å². The Hall–Kier alpha value is -5.90. The number of aromatic amines is 2. The molecule has 4 unspecified atom stereocenters. The Balaban J connectivity index is 1.49. The third-order valence-corrected chi connectivity index (χ3v) is 7.63. The molecule has 0 bridgehead atoms. The highest BCUT2D eigenvalue weighted by Gasteiger charge is 2.31. The monoisotopic (exact) mass is 660 g/mol. The van der Waals surface area contributed by atoms with Crippen molar-refractivity contribution < 1.29 is 29.4 Å². The fourth-order valence-corrected chi connectivity index (χ4v) is 5.12. The van der Waals surface area contributed by atoms with Gasteiger partial charge in [-0.05, 0) is 48.6 Å². The smallest absolute Gasteiger partial charge is 0.326 e. The maximum absolute atomic E-state index is 13.7. The Labute approximate surface area is 275 Å². The summed E-state index contributed by atoms with van der Waals surface area (Å²) in [6, 6.07) is 8.75. The average molecular weight is 661 g/mol. The van der Waals surface area contributed by atoms with Crippen LogP contribution in [0.5, 0.6) is 5.75 Å². The lowest BCUT2D eigenvalue weighted by molar-refractivity contribution is -0.142. The number of phenols is 1. The summed E-state index contributed by atoms with van der Waals surface area (Å²) in [5.41, 5.74) is 19.9. The number of carbonyl (C=O) groups is 4. The third kappa shape index (κ3) is 10.1. The standard InChI is InChI=1S/C32H40N10O6/c33-23(13-19-15-38-24-5-2-1-4-22(19)24)28(44)41-26(14-20-16-36-17-39-20)30(46)40-25(6-3-11-37-32(34)35)29(45)42-27(31(47)48)12-18-7-9-21(43)10-8-18/h1-2,4-5,7-10,15-17,23,25-27,38,43H,3,6,11-14,33H2,(H,36,39)(H,40,46)(H,41,44)(H,42,45)(H,47,48)(H4,34,35,37). The van der Waals surface area contributed by atoms with Crippen LogP contribution in [0.1, 0.15) is 29.7 Å². The number of aliphatic carboxylic acids is 1. The molecular weight excluding hydrogens is 620 g/mol. The molecule has 0 spiro atoms. The van der Waals surface area contributed by atoms with E-state index in [4.69, 9.17) is 17.2 Å². The molecule has 2 aromatic carbocycles. The highest BCUT2D eigenvalue weighted by Crippen LogP contribution is 2.19. The number of carboxylic acids is 1. The van der Waals surface area contributed by atoms with Crippen LogP contribution >= 0.6 is 0 Å². The van der Waals surface area contributed by atoms with Crippen LogP contribution in [0.15, 0.2) is 72.2 Å². The third-order valence-electron chi connectivity index (χ3n) is 7.63. The van der Waals surface area contributed by atoms with Crippen LogP contribution < -0.4 is 33.2 Å². The molecule has 4 rings (SSSR count). The quantitative estimate of drug-likeness (QED) is 0.0395. The van der Waals surface area contributed by atoms with Gasteiger partial charge < -0.3 is 53.3 Å². The first-order valence-electron chi connectivity index (χ1n) is 15.2. The number of aliphatic imine (C=N–C) groups is 1. The molecule has 0 aliphatic carbocycles. The van der Waals surface area contributed by atoms with Gasteiger partial charge in [0.05, 0.1) is 12.4 Å². The molecule has 0 aliphatic heterocycles. The van der Waals surface area contributed by atoms with E-state index >= 15 is 0 Å². The summed E-state index contributed by atoms with van der Waals surface area (Å²) in [6.45, 7) is 0.148. The van der Waals surface area contributed by atoms with Gasteiger partial charge in [-0.15, -0.1) is 0 Å². The summed E-state index contributed by atoms with van der Waals surface area (Å²) < 4.78 is 0. The first kappa shape index (κ1) is 35.0. The van der Waals surface area contributed by atoms with Gasteiger partial charge in [0.2, 0.25) is 17.7 Å². The summed E-state index contributed by atoms with van der Waals surface area (Å²) in [4.78, 5) is 66.5. The van der Waals surface area contributed by atoms with Gasteiger partial charge in [0.15, 0.2) is 5.96 Å². The van der Waals surface area contributed by atoms with E-state index in [-0.39, 0.29) is 50.4 Å². The zero-order chi connectivity index (χ0) is 34.6. The number of guanidine groups is 1. The van der Waals surface area contributed by atoms with E-state index < -0.39 is 47.9 Å². The van der Waals surface area contributed by atoms with Crippen molar-refractivity contribution in [3.8, 4) is 5.75 Å². The molecule has 2 aromatic heterocycles. The van der Waals surface area contributed by atoms with Gasteiger partial charge in [-0.1, -0.05) is 30.3 Å². The molecule has 48 heavy (non-hydrogen) atoms. The van der Waals surface area contributed by atoms with Gasteiger partial charge >= 0.3 is 5.97 Å². The number of nitrogens with one attached hydrogen (secondary N) is 5. The maximum Gasteiger partial charge on any atom is 0.326 e. The number of amides is 3. The molecule has 13 N–H and O–H groups in total. The maximum atomic E-state index is 13.7. The number of para-hydroxylation sites is 1. The highest BCUT2D eigenvalue weighted by molar-refractivity contribution is 5.94. The number of H-pyrrole nitrogens is 2. The number of aromatic nitrogens is 3. The Morgan fingerprint density at radius 3 is 2.23 bits per heavy atom. The Morgan fingerprint density at radius 2 is 1.54 bits per heavy atom. The van der Waals surface area contributed by atoms with Gasteiger partial charge in [0, 0.05) is 48.4 Å². The molecule has 3 amide bonds. The molecular formula is C32H40N10O6. The largest absolute Gasteiger partial charge is 0.508 e. The van der Waals surface area contributed by atoms with Crippen molar-refractivity contribution in [2.45, 2.75) is 56.3 Å². The Morgan fingerprint density at radius 1 is 0.854 bits per heavy atom. The van der Waals surface area contributed by atoms with Crippen LogP contribution in [0.2, 0.25) is 0 Å². The van der Waals surface area contributed by atoms with E-state index in [2.05, 4.69) is 35.9 Å². The van der Waals surface area contributed by atoms with Crippen molar-refractivity contribution in [1.82, 2.24) is 30.9 Å². The number of benzene rings is 2. The number of hydrogen-bond acceptors (Lipinski definition) is 8. The number of carbonyl (C=O) groups excluding carboxylic acids is 3. The Kier molecular flexibility index (Phi) is 12.1. The lowest BCUT2D eigenvalue weighted by Crippen LogP contribution is -2.58. The fourth-order valence-electron chi connectivity index (χ4n) is 5.12. The molecule has 0 aliphatic rings. The van der Waals surface area contributed by atoms with E-state index in [0.717, 1.165) is 16.5 Å². The normalized spacial score (nSPS) is 13.5. The summed E-state index contributed by atoms with van der Waals surface area (Å²) in [5, 5.41) is 28.2. The number of phenolic OH excluding ortho intramolecular Hbond substituents is 1. The number of hydrogen-bond donors (Lipinski definition) is 10. The SMILES string of the molecule is NC(N)=NCCCC(NC(=O)C(Cc1cnc[nH]1)NC(=O)C(N)Cc1c[nH]c2ccccc12)C(=O)NC(Cc1ccc(O)cc1)C(=O)O. The fraction of sp³-hybridized carbons (Fsp3) is 0.312. The summed E-state index contributed by atoms with van der Waals surface area (Å²) in [6.07, 6.45) is 5.13. The molecule has 0 saturated heterocycles. The molecule has 4 aromatic rings. The minimum atomic E-state index is -1.35. The number of rotatable bonds is 17. The molecule has 0 fully saturated rings. The van der Waals surface area contributed by atoms with Crippen molar-refractivity contribution in [3.05, 3.63) is 84.1 Å². The number of fused-ring (bicyclic) bond motifs is 1. The lowest BCUT2D eigenvalue weighted by atomic mass is 10.0. The minimum absolute atomic E-state index is 0.00167. The van der Waals surface area contributed by atoms with E-state index in [0.29, 0.717) is 11.3 Å². The van der Waals surface area contributed by atoms with Gasteiger partial charge in [0.25, 0.3) is 0 Å². The van der Waals surface area contributed by atoms with Crippen LogP contribution in [0.4, 0.5) is 0 Å². The van der Waals surface area contributed by atoms with Crippen LogP contribution in [0.3, 0.4) is 0 Å². The van der Waals surface area contributed by atoms with Gasteiger partial charge in [-0.25, -0.2) is 9.78 Å².